The van der Waals surface area contributed by atoms with Gasteiger partial charge >= 0.3 is 5.97 Å². The molecule has 0 spiro atoms. The molecular formula is C18H20N2O5. The van der Waals surface area contributed by atoms with Crippen molar-refractivity contribution in [1.29, 1.82) is 0 Å². The van der Waals surface area contributed by atoms with Crippen molar-refractivity contribution in [1.82, 2.24) is 10.3 Å². The van der Waals surface area contributed by atoms with Crippen molar-refractivity contribution in [3.63, 3.8) is 0 Å². The lowest BCUT2D eigenvalue weighted by atomic mass is 10.2. The van der Waals surface area contributed by atoms with E-state index in [1.807, 2.05) is 30.3 Å². The Kier molecular flexibility index (Phi) is 6.91. The molecule has 7 heteroatoms. The number of ether oxygens (including phenoxy) is 1. The highest BCUT2D eigenvalue weighted by Gasteiger charge is 2.20. The smallest absolute Gasteiger partial charge is 0.328 e. The van der Waals surface area contributed by atoms with Crippen LogP contribution >= 0.6 is 0 Å². The second-order valence-corrected chi connectivity index (χ2v) is 5.27. The van der Waals surface area contributed by atoms with Crippen LogP contribution in [0.25, 0.3) is 11.3 Å². The van der Waals surface area contributed by atoms with Gasteiger partial charge in [0.25, 0.3) is 0 Å². The summed E-state index contributed by atoms with van der Waals surface area (Å²) < 4.78 is 10.7. The number of aromatic nitrogens is 1. The number of hydrogen-bond donors (Lipinski definition) is 2. The fourth-order valence-corrected chi connectivity index (χ4v) is 2.09. The lowest BCUT2D eigenvalue weighted by Crippen LogP contribution is -2.44. The third-order valence-electron chi connectivity index (χ3n) is 3.33. The fourth-order valence-electron chi connectivity index (χ4n) is 2.09. The number of carboxylic acid groups (broad SMARTS) is 1. The van der Waals surface area contributed by atoms with E-state index in [2.05, 4.69) is 16.9 Å². The van der Waals surface area contributed by atoms with Gasteiger partial charge in [0.2, 0.25) is 5.91 Å². The van der Waals surface area contributed by atoms with Crippen LogP contribution in [0.5, 0.6) is 0 Å². The zero-order valence-electron chi connectivity index (χ0n) is 13.7. The Bertz CT molecular complexity index is 711. The Morgan fingerprint density at radius 3 is 2.80 bits per heavy atom. The van der Waals surface area contributed by atoms with Gasteiger partial charge in [0.05, 0.1) is 19.4 Å². The summed E-state index contributed by atoms with van der Waals surface area (Å²) in [6, 6.07) is 8.40. The number of carbonyl (C=O) groups excluding carboxylic acids is 1. The molecule has 1 unspecified atom stereocenters. The molecule has 25 heavy (non-hydrogen) atoms. The number of aryl methyl sites for hydroxylation is 1. The summed E-state index contributed by atoms with van der Waals surface area (Å²) in [6.07, 6.45) is 3.46. The van der Waals surface area contributed by atoms with Crippen LogP contribution in [0.15, 0.2) is 53.6 Å². The highest BCUT2D eigenvalue weighted by atomic mass is 16.5. The van der Waals surface area contributed by atoms with Crippen LogP contribution in [0.1, 0.15) is 12.3 Å². The maximum Gasteiger partial charge on any atom is 0.328 e. The fraction of sp³-hybridized carbons (Fsp3) is 0.278. The van der Waals surface area contributed by atoms with Crippen molar-refractivity contribution in [2.24, 2.45) is 0 Å². The number of carboxylic acids is 1. The van der Waals surface area contributed by atoms with E-state index in [-0.39, 0.29) is 26.1 Å². The number of carbonyl (C=O) groups is 2. The van der Waals surface area contributed by atoms with E-state index >= 15 is 0 Å². The van der Waals surface area contributed by atoms with Crippen molar-refractivity contribution in [3.8, 4) is 11.3 Å². The number of aliphatic carboxylic acids is 1. The number of rotatable bonds is 10. The maximum absolute atomic E-state index is 11.9. The Morgan fingerprint density at radius 2 is 2.12 bits per heavy atom. The SMILES string of the molecule is C=CCOCC(NC(=O)CCc1ncc(-c2ccccc2)o1)C(=O)O. The summed E-state index contributed by atoms with van der Waals surface area (Å²) in [5.74, 6) is -0.519. The first-order valence-electron chi connectivity index (χ1n) is 7.81. The summed E-state index contributed by atoms with van der Waals surface area (Å²) in [4.78, 5) is 27.2. The standard InChI is InChI=1S/C18H20N2O5/c1-2-10-24-12-14(18(22)23)20-16(21)8-9-17-19-11-15(25-17)13-6-4-3-5-7-13/h2-7,11,14H,1,8-10,12H2,(H,20,21)(H,22,23). The van der Waals surface area contributed by atoms with Gasteiger partial charge in [-0.05, 0) is 0 Å². The monoisotopic (exact) mass is 344 g/mol. The van der Waals surface area contributed by atoms with Crippen LogP contribution in [-0.4, -0.2) is 41.2 Å². The predicted molar refractivity (Wildman–Crippen MR) is 90.8 cm³/mol. The van der Waals surface area contributed by atoms with Crippen LogP contribution in [0.2, 0.25) is 0 Å². The molecule has 0 bridgehead atoms. The lowest BCUT2D eigenvalue weighted by molar-refractivity contribution is -0.143. The highest BCUT2D eigenvalue weighted by molar-refractivity contribution is 5.83. The minimum atomic E-state index is -1.15. The number of nitrogens with zero attached hydrogens (tertiary/aromatic N) is 1. The number of hydrogen-bond acceptors (Lipinski definition) is 5. The Morgan fingerprint density at radius 1 is 1.36 bits per heavy atom. The molecule has 7 nitrogen and oxygen atoms in total. The van der Waals surface area contributed by atoms with Crippen LogP contribution < -0.4 is 5.32 Å². The number of oxazole rings is 1. The van der Waals surface area contributed by atoms with Crippen molar-refractivity contribution in [3.05, 3.63) is 55.1 Å². The van der Waals surface area contributed by atoms with Crippen molar-refractivity contribution in [2.45, 2.75) is 18.9 Å². The molecule has 0 fully saturated rings. The van der Waals surface area contributed by atoms with E-state index in [1.165, 1.54) is 6.08 Å². The molecule has 0 saturated heterocycles. The maximum atomic E-state index is 11.9. The van der Waals surface area contributed by atoms with Gasteiger partial charge in [-0.2, -0.15) is 0 Å². The second-order valence-electron chi connectivity index (χ2n) is 5.27. The van der Waals surface area contributed by atoms with E-state index in [9.17, 15) is 9.59 Å². The summed E-state index contributed by atoms with van der Waals surface area (Å²) in [5, 5.41) is 11.5. The second kappa shape index (κ2) is 9.39. The lowest BCUT2D eigenvalue weighted by Gasteiger charge is -2.13. The zero-order valence-corrected chi connectivity index (χ0v) is 13.7. The molecule has 0 aliphatic heterocycles. The first kappa shape index (κ1) is 18.4. The van der Waals surface area contributed by atoms with Gasteiger partial charge in [-0.3, -0.25) is 4.79 Å². The molecule has 2 aromatic rings. The molecule has 2 N–H and O–H groups in total. The van der Waals surface area contributed by atoms with E-state index in [0.717, 1.165) is 5.56 Å². The first-order chi connectivity index (χ1) is 12.1. The topological polar surface area (TPSA) is 102 Å². The third kappa shape index (κ3) is 5.89. The summed E-state index contributed by atoms with van der Waals surface area (Å²) in [7, 11) is 0. The Labute approximate surface area is 145 Å². The van der Waals surface area contributed by atoms with E-state index < -0.39 is 17.9 Å². The van der Waals surface area contributed by atoms with Crippen LogP contribution in [0.3, 0.4) is 0 Å². The van der Waals surface area contributed by atoms with Crippen molar-refractivity contribution < 1.29 is 23.8 Å². The summed E-state index contributed by atoms with van der Waals surface area (Å²) in [6.45, 7) is 3.57. The van der Waals surface area contributed by atoms with Crippen LogP contribution in [0.4, 0.5) is 0 Å². The number of nitrogens with one attached hydrogen (secondary N) is 1. The van der Waals surface area contributed by atoms with Crippen molar-refractivity contribution in [2.75, 3.05) is 13.2 Å². The quantitative estimate of drug-likeness (QED) is 0.505. The molecule has 1 aromatic heterocycles. The van der Waals surface area contributed by atoms with E-state index in [0.29, 0.717) is 11.7 Å². The molecule has 132 valence electrons. The third-order valence-corrected chi connectivity index (χ3v) is 3.33. The average Bonchev–Trinajstić information content (AvgIpc) is 3.09. The molecule has 1 atom stereocenters. The number of amides is 1. The van der Waals surface area contributed by atoms with Crippen LogP contribution in [0, 0.1) is 0 Å². The van der Waals surface area contributed by atoms with Gasteiger partial charge in [0.15, 0.2) is 17.7 Å². The molecule has 2 rings (SSSR count). The molecule has 1 aromatic carbocycles. The van der Waals surface area contributed by atoms with E-state index in [4.69, 9.17) is 14.3 Å². The van der Waals surface area contributed by atoms with Crippen molar-refractivity contribution >= 4 is 11.9 Å². The molecular weight excluding hydrogens is 324 g/mol. The predicted octanol–water partition coefficient (Wildman–Crippen LogP) is 2.05. The summed E-state index contributed by atoms with van der Waals surface area (Å²) in [5.41, 5.74) is 0.899. The molecule has 1 amide bonds. The zero-order chi connectivity index (χ0) is 18.1. The van der Waals surface area contributed by atoms with Crippen LogP contribution in [-0.2, 0) is 20.7 Å². The van der Waals surface area contributed by atoms with E-state index in [1.54, 1.807) is 6.20 Å². The molecule has 0 saturated carbocycles. The molecule has 0 radical (unpaired) electrons. The minimum Gasteiger partial charge on any atom is -0.480 e. The van der Waals surface area contributed by atoms with Gasteiger partial charge in [-0.25, -0.2) is 9.78 Å². The molecule has 0 aliphatic carbocycles. The Balaban J connectivity index is 1.84. The Hall–Kier alpha value is -2.93. The van der Waals surface area contributed by atoms with Gasteiger partial charge < -0.3 is 19.6 Å². The molecule has 1 heterocycles. The first-order valence-corrected chi connectivity index (χ1v) is 7.81. The van der Waals surface area contributed by atoms with Gasteiger partial charge in [0.1, 0.15) is 0 Å². The molecule has 0 aliphatic rings. The van der Waals surface area contributed by atoms with Gasteiger partial charge in [-0.15, -0.1) is 6.58 Å². The minimum absolute atomic E-state index is 0.0694. The summed E-state index contributed by atoms with van der Waals surface area (Å²) >= 11 is 0. The number of benzene rings is 1. The normalized spacial score (nSPS) is 11.7. The van der Waals surface area contributed by atoms with Gasteiger partial charge in [0, 0.05) is 18.4 Å². The largest absolute Gasteiger partial charge is 0.480 e. The van der Waals surface area contributed by atoms with Gasteiger partial charge in [-0.1, -0.05) is 36.4 Å². The average molecular weight is 344 g/mol. The highest BCUT2D eigenvalue weighted by Crippen LogP contribution is 2.20.